The SMILES string of the molecule is NNC(=O)c1ccoc1Cn1cccn1. The fraction of sp³-hybridized carbons (Fsp3) is 0.111. The van der Waals surface area contributed by atoms with E-state index in [4.69, 9.17) is 10.3 Å². The van der Waals surface area contributed by atoms with Gasteiger partial charge in [0.25, 0.3) is 5.91 Å². The Hall–Kier alpha value is -2.08. The highest BCUT2D eigenvalue weighted by Gasteiger charge is 2.13. The molecule has 15 heavy (non-hydrogen) atoms. The third kappa shape index (κ3) is 1.89. The zero-order valence-corrected chi connectivity index (χ0v) is 7.88. The first-order valence-corrected chi connectivity index (χ1v) is 4.36. The molecule has 3 N–H and O–H groups in total. The zero-order chi connectivity index (χ0) is 10.7. The van der Waals surface area contributed by atoms with Crippen molar-refractivity contribution >= 4 is 5.91 Å². The van der Waals surface area contributed by atoms with Gasteiger partial charge in [-0.1, -0.05) is 0 Å². The Bertz CT molecular complexity index is 446. The summed E-state index contributed by atoms with van der Waals surface area (Å²) in [4.78, 5) is 11.3. The maximum Gasteiger partial charge on any atom is 0.268 e. The zero-order valence-electron chi connectivity index (χ0n) is 7.88. The molecule has 0 saturated heterocycles. The van der Waals surface area contributed by atoms with Crippen LogP contribution >= 0.6 is 0 Å². The summed E-state index contributed by atoms with van der Waals surface area (Å²) in [5.74, 6) is 5.20. The summed E-state index contributed by atoms with van der Waals surface area (Å²) < 4.78 is 6.84. The largest absolute Gasteiger partial charge is 0.467 e. The van der Waals surface area contributed by atoms with Crippen molar-refractivity contribution in [3.63, 3.8) is 0 Å². The standard InChI is InChI=1S/C9H10N4O2/c10-12-9(14)7-2-5-15-8(7)6-13-4-1-3-11-13/h1-5H,6,10H2,(H,12,14). The molecule has 0 aromatic carbocycles. The fourth-order valence-electron chi connectivity index (χ4n) is 1.28. The van der Waals surface area contributed by atoms with Crippen molar-refractivity contribution in [2.75, 3.05) is 0 Å². The highest BCUT2D eigenvalue weighted by Crippen LogP contribution is 2.11. The van der Waals surface area contributed by atoms with E-state index in [0.717, 1.165) is 0 Å². The van der Waals surface area contributed by atoms with E-state index in [2.05, 4.69) is 10.5 Å². The van der Waals surface area contributed by atoms with E-state index in [-0.39, 0.29) is 5.91 Å². The second-order valence-corrected chi connectivity index (χ2v) is 2.93. The molecule has 2 rings (SSSR count). The maximum atomic E-state index is 11.3. The van der Waals surface area contributed by atoms with Gasteiger partial charge in [0.2, 0.25) is 0 Å². The molecule has 2 heterocycles. The van der Waals surface area contributed by atoms with Crippen molar-refractivity contribution in [1.29, 1.82) is 0 Å². The summed E-state index contributed by atoms with van der Waals surface area (Å²) in [6, 6.07) is 3.37. The number of furan rings is 1. The number of hydrazine groups is 1. The second kappa shape index (κ2) is 3.97. The quantitative estimate of drug-likeness (QED) is 0.424. The van der Waals surface area contributed by atoms with Gasteiger partial charge < -0.3 is 4.42 Å². The number of carbonyl (C=O) groups excluding carboxylic acids is 1. The summed E-state index contributed by atoms with van der Waals surface area (Å²) in [5, 5.41) is 4.01. The van der Waals surface area contributed by atoms with Gasteiger partial charge in [0.15, 0.2) is 0 Å². The van der Waals surface area contributed by atoms with Crippen LogP contribution in [0.5, 0.6) is 0 Å². The van der Waals surface area contributed by atoms with Crippen molar-refractivity contribution in [3.8, 4) is 0 Å². The van der Waals surface area contributed by atoms with Gasteiger partial charge in [0.05, 0.1) is 18.4 Å². The lowest BCUT2D eigenvalue weighted by Crippen LogP contribution is -2.30. The van der Waals surface area contributed by atoms with E-state index >= 15 is 0 Å². The Morgan fingerprint density at radius 2 is 2.53 bits per heavy atom. The average molecular weight is 206 g/mol. The number of aromatic nitrogens is 2. The van der Waals surface area contributed by atoms with Gasteiger partial charge in [-0.3, -0.25) is 14.9 Å². The van der Waals surface area contributed by atoms with Crippen LogP contribution in [0, 0.1) is 0 Å². The predicted molar refractivity (Wildman–Crippen MR) is 51.7 cm³/mol. The molecular formula is C9H10N4O2. The van der Waals surface area contributed by atoms with Crippen molar-refractivity contribution < 1.29 is 9.21 Å². The molecule has 6 nitrogen and oxygen atoms in total. The number of amides is 1. The van der Waals surface area contributed by atoms with Gasteiger partial charge in [-0.25, -0.2) is 5.84 Å². The van der Waals surface area contributed by atoms with Crippen LogP contribution in [0.15, 0.2) is 35.2 Å². The number of rotatable bonds is 3. The molecular weight excluding hydrogens is 196 g/mol. The van der Waals surface area contributed by atoms with Gasteiger partial charge in [0, 0.05) is 12.4 Å². The molecule has 0 aliphatic rings. The van der Waals surface area contributed by atoms with E-state index in [1.165, 1.54) is 6.26 Å². The highest BCUT2D eigenvalue weighted by atomic mass is 16.3. The first kappa shape index (κ1) is 9.47. The molecule has 0 fully saturated rings. The van der Waals surface area contributed by atoms with Crippen LogP contribution in [0.25, 0.3) is 0 Å². The molecule has 0 aliphatic heterocycles. The van der Waals surface area contributed by atoms with E-state index in [9.17, 15) is 4.79 Å². The van der Waals surface area contributed by atoms with E-state index in [1.807, 2.05) is 0 Å². The molecule has 0 aliphatic carbocycles. The molecule has 0 bridgehead atoms. The third-order valence-corrected chi connectivity index (χ3v) is 1.99. The topological polar surface area (TPSA) is 86.1 Å². The highest BCUT2D eigenvalue weighted by molar-refractivity contribution is 5.94. The molecule has 1 amide bonds. The normalized spacial score (nSPS) is 10.2. The first-order chi connectivity index (χ1) is 7.31. The lowest BCUT2D eigenvalue weighted by molar-refractivity contribution is 0.0951. The maximum absolute atomic E-state index is 11.3. The summed E-state index contributed by atoms with van der Waals surface area (Å²) in [6.07, 6.45) is 4.89. The van der Waals surface area contributed by atoms with Crippen molar-refractivity contribution in [2.45, 2.75) is 6.54 Å². The van der Waals surface area contributed by atoms with E-state index in [1.54, 1.807) is 29.2 Å². The van der Waals surface area contributed by atoms with Gasteiger partial charge in [-0.2, -0.15) is 5.10 Å². The van der Waals surface area contributed by atoms with Crippen LogP contribution < -0.4 is 11.3 Å². The van der Waals surface area contributed by atoms with Gasteiger partial charge in [0.1, 0.15) is 5.76 Å². The lowest BCUT2D eigenvalue weighted by atomic mass is 10.2. The lowest BCUT2D eigenvalue weighted by Gasteiger charge is -2.01. The third-order valence-electron chi connectivity index (χ3n) is 1.99. The number of nitrogen functional groups attached to an aromatic ring is 1. The van der Waals surface area contributed by atoms with Crippen LogP contribution in [0.2, 0.25) is 0 Å². The van der Waals surface area contributed by atoms with Crippen LogP contribution in [-0.2, 0) is 6.54 Å². The fourth-order valence-corrected chi connectivity index (χ4v) is 1.28. The molecule has 0 radical (unpaired) electrons. The Labute approximate surface area is 85.6 Å². The van der Waals surface area contributed by atoms with Crippen LogP contribution in [-0.4, -0.2) is 15.7 Å². The number of nitrogens with two attached hydrogens (primary N) is 1. The monoisotopic (exact) mass is 206 g/mol. The Morgan fingerprint density at radius 1 is 1.67 bits per heavy atom. The predicted octanol–water partition coefficient (Wildman–Crippen LogP) is 0.128. The summed E-state index contributed by atoms with van der Waals surface area (Å²) in [6.45, 7) is 0.406. The molecule has 78 valence electrons. The number of nitrogens with one attached hydrogen (secondary N) is 1. The van der Waals surface area contributed by atoms with Gasteiger partial charge in [-0.15, -0.1) is 0 Å². The Kier molecular flexibility index (Phi) is 2.51. The van der Waals surface area contributed by atoms with Gasteiger partial charge in [-0.05, 0) is 12.1 Å². The number of hydrogen-bond donors (Lipinski definition) is 2. The van der Waals surface area contributed by atoms with E-state index < -0.39 is 0 Å². The number of carbonyl (C=O) groups is 1. The Balaban J connectivity index is 2.22. The molecule has 0 saturated carbocycles. The smallest absolute Gasteiger partial charge is 0.268 e. The summed E-state index contributed by atoms with van der Waals surface area (Å²) in [5.41, 5.74) is 2.48. The second-order valence-electron chi connectivity index (χ2n) is 2.93. The molecule has 0 spiro atoms. The van der Waals surface area contributed by atoms with Crippen LogP contribution in [0.3, 0.4) is 0 Å². The summed E-state index contributed by atoms with van der Waals surface area (Å²) >= 11 is 0. The number of nitrogens with zero attached hydrogens (tertiary/aromatic N) is 2. The Morgan fingerprint density at radius 3 is 3.20 bits per heavy atom. The molecule has 6 heteroatoms. The van der Waals surface area contributed by atoms with Crippen LogP contribution in [0.4, 0.5) is 0 Å². The minimum absolute atomic E-state index is 0.370. The molecule has 0 atom stereocenters. The number of hydrogen-bond acceptors (Lipinski definition) is 4. The summed E-state index contributed by atoms with van der Waals surface area (Å²) in [7, 11) is 0. The van der Waals surface area contributed by atoms with Crippen molar-refractivity contribution in [1.82, 2.24) is 15.2 Å². The first-order valence-electron chi connectivity index (χ1n) is 4.36. The van der Waals surface area contributed by atoms with Crippen LogP contribution in [0.1, 0.15) is 16.1 Å². The minimum Gasteiger partial charge on any atom is -0.467 e. The average Bonchev–Trinajstić information content (AvgIpc) is 2.88. The van der Waals surface area contributed by atoms with Gasteiger partial charge >= 0.3 is 0 Å². The molecule has 0 unspecified atom stereocenters. The van der Waals surface area contributed by atoms with E-state index in [0.29, 0.717) is 17.9 Å². The minimum atomic E-state index is -0.370. The van der Waals surface area contributed by atoms with Crippen molar-refractivity contribution in [3.05, 3.63) is 42.1 Å². The van der Waals surface area contributed by atoms with Crippen molar-refractivity contribution in [2.24, 2.45) is 5.84 Å². The molecule has 2 aromatic heterocycles. The molecule has 2 aromatic rings.